The summed E-state index contributed by atoms with van der Waals surface area (Å²) < 4.78 is 15.9. The van der Waals surface area contributed by atoms with Crippen molar-refractivity contribution in [2.24, 2.45) is 5.92 Å². The monoisotopic (exact) mass is 430 g/mol. The summed E-state index contributed by atoms with van der Waals surface area (Å²) in [5.74, 6) is -1.39. The lowest BCUT2D eigenvalue weighted by molar-refractivity contribution is -0.126. The Morgan fingerprint density at radius 1 is 1.30 bits per heavy atom. The van der Waals surface area contributed by atoms with Crippen LogP contribution in [0.5, 0.6) is 0 Å². The number of nitrogens with zero attached hydrogens (tertiary/aromatic N) is 4. The van der Waals surface area contributed by atoms with Gasteiger partial charge in [0, 0.05) is 29.8 Å². The molecule has 2 fully saturated rings. The quantitative estimate of drug-likeness (QED) is 0.519. The van der Waals surface area contributed by atoms with Crippen molar-refractivity contribution in [2.75, 3.05) is 13.1 Å². The van der Waals surface area contributed by atoms with E-state index in [1.165, 1.54) is 16.9 Å². The lowest BCUT2D eigenvalue weighted by Crippen LogP contribution is -2.42. The molecule has 9 heteroatoms. The van der Waals surface area contributed by atoms with Crippen LogP contribution in [0.15, 0.2) is 42.1 Å². The molecule has 1 aromatic carbocycles. The Kier molecular flexibility index (Phi) is 6.01. The maximum Gasteiger partial charge on any atom is 0.355 e. The van der Waals surface area contributed by atoms with Crippen molar-refractivity contribution < 1.29 is 19.1 Å². The number of ketones is 1. The minimum absolute atomic E-state index is 0.00312. The van der Waals surface area contributed by atoms with E-state index in [0.29, 0.717) is 25.1 Å². The number of benzene rings is 1. The third kappa shape index (κ3) is 4.32. The van der Waals surface area contributed by atoms with Crippen molar-refractivity contribution in [1.29, 1.82) is 0 Å². The Balaban J connectivity index is 1.58. The molecule has 0 amide bonds. The molecule has 1 N–H and O–H groups in total. The van der Waals surface area contributed by atoms with Gasteiger partial charge in [0.15, 0.2) is 11.5 Å². The predicted molar refractivity (Wildman–Crippen MR) is 111 cm³/mol. The predicted octanol–water partition coefficient (Wildman–Crippen LogP) is 2.77. The maximum atomic E-state index is 14.6. The molecule has 0 spiro atoms. The maximum absolute atomic E-state index is 14.6. The summed E-state index contributed by atoms with van der Waals surface area (Å²) in [7, 11) is 0. The van der Waals surface area contributed by atoms with E-state index in [4.69, 9.17) is 0 Å². The second-order valence-electron chi connectivity index (χ2n) is 7.76. The molecule has 2 aromatic rings. The van der Waals surface area contributed by atoms with Crippen LogP contribution in [-0.2, 0) is 11.3 Å². The highest BCUT2D eigenvalue weighted by Gasteiger charge is 2.40. The number of thiol groups is 1. The molecule has 1 saturated heterocycles. The zero-order valence-electron chi connectivity index (χ0n) is 16.3. The SMILES string of the molecule is O=C(O)c1cnnn1C/C=C1/CN(C(C(=O)C2CC2)c2ccccc2F)CCC1S. The minimum atomic E-state index is -1.10. The van der Waals surface area contributed by atoms with Crippen molar-refractivity contribution in [2.45, 2.75) is 37.1 Å². The van der Waals surface area contributed by atoms with Gasteiger partial charge in [-0.15, -0.1) is 5.10 Å². The van der Waals surface area contributed by atoms with E-state index in [1.807, 2.05) is 11.0 Å². The number of halogens is 1. The van der Waals surface area contributed by atoms with Gasteiger partial charge in [-0.1, -0.05) is 29.5 Å². The Morgan fingerprint density at radius 3 is 2.77 bits per heavy atom. The van der Waals surface area contributed by atoms with E-state index in [2.05, 4.69) is 22.9 Å². The molecular formula is C21H23FN4O3S. The number of rotatable bonds is 7. The molecule has 30 heavy (non-hydrogen) atoms. The molecule has 158 valence electrons. The van der Waals surface area contributed by atoms with Crippen molar-refractivity contribution >= 4 is 24.4 Å². The fourth-order valence-electron chi connectivity index (χ4n) is 3.89. The number of piperidine rings is 1. The Bertz CT molecular complexity index is 988. The van der Waals surface area contributed by atoms with Crippen LogP contribution in [0.1, 0.15) is 41.4 Å². The van der Waals surface area contributed by atoms with Crippen LogP contribution in [0.3, 0.4) is 0 Å². The van der Waals surface area contributed by atoms with Crippen LogP contribution in [0.4, 0.5) is 4.39 Å². The van der Waals surface area contributed by atoms with Crippen molar-refractivity contribution in [3.8, 4) is 0 Å². The number of carbonyl (C=O) groups is 2. The van der Waals surface area contributed by atoms with Gasteiger partial charge in [0.2, 0.25) is 0 Å². The van der Waals surface area contributed by atoms with Crippen molar-refractivity contribution in [1.82, 2.24) is 19.9 Å². The van der Waals surface area contributed by atoms with Gasteiger partial charge in [-0.05, 0) is 30.9 Å². The van der Waals surface area contributed by atoms with E-state index in [9.17, 15) is 19.1 Å². The molecule has 1 aliphatic carbocycles. The Morgan fingerprint density at radius 2 is 2.07 bits per heavy atom. The number of hydrogen-bond donors (Lipinski definition) is 2. The van der Waals surface area contributed by atoms with Gasteiger partial charge in [0.1, 0.15) is 5.82 Å². The number of aromatic nitrogens is 3. The van der Waals surface area contributed by atoms with Crippen molar-refractivity contribution in [3.63, 3.8) is 0 Å². The van der Waals surface area contributed by atoms with Gasteiger partial charge in [0.05, 0.1) is 18.8 Å². The van der Waals surface area contributed by atoms with E-state index in [1.54, 1.807) is 18.2 Å². The summed E-state index contributed by atoms with van der Waals surface area (Å²) in [5, 5.41) is 16.7. The molecule has 1 aliphatic heterocycles. The minimum Gasteiger partial charge on any atom is -0.476 e. The first-order valence-electron chi connectivity index (χ1n) is 9.96. The number of hydrogen-bond acceptors (Lipinski definition) is 6. The summed E-state index contributed by atoms with van der Waals surface area (Å²) >= 11 is 4.66. The number of aromatic carboxylic acids is 1. The van der Waals surface area contributed by atoms with E-state index < -0.39 is 12.0 Å². The number of allylic oxidation sites excluding steroid dienone is 1. The summed E-state index contributed by atoms with van der Waals surface area (Å²) in [4.78, 5) is 26.3. The molecule has 2 atom stereocenters. The molecule has 2 aliphatic rings. The van der Waals surface area contributed by atoms with Gasteiger partial charge in [-0.2, -0.15) is 12.6 Å². The largest absolute Gasteiger partial charge is 0.476 e. The Hall–Kier alpha value is -2.52. The smallest absolute Gasteiger partial charge is 0.355 e. The Labute approximate surface area is 179 Å². The number of carboxylic acids is 1. The first-order valence-corrected chi connectivity index (χ1v) is 10.5. The van der Waals surface area contributed by atoms with Crippen LogP contribution < -0.4 is 0 Å². The topological polar surface area (TPSA) is 88.3 Å². The fourth-order valence-corrected chi connectivity index (χ4v) is 4.20. The van der Waals surface area contributed by atoms with Crippen molar-refractivity contribution in [3.05, 3.63) is 59.2 Å². The number of Topliss-reactive ketones (excluding diaryl/α,β-unsaturated/α-hetero) is 1. The molecule has 2 heterocycles. The lowest BCUT2D eigenvalue weighted by atomic mass is 9.93. The second-order valence-corrected chi connectivity index (χ2v) is 8.38. The van der Waals surface area contributed by atoms with Gasteiger partial charge < -0.3 is 5.11 Å². The van der Waals surface area contributed by atoms with Crippen LogP contribution >= 0.6 is 12.6 Å². The van der Waals surface area contributed by atoms with E-state index >= 15 is 0 Å². The zero-order valence-corrected chi connectivity index (χ0v) is 17.2. The summed E-state index contributed by atoms with van der Waals surface area (Å²) in [6, 6.07) is 5.84. The van der Waals surface area contributed by atoms with Crippen LogP contribution in [-0.4, -0.2) is 55.1 Å². The lowest BCUT2D eigenvalue weighted by Gasteiger charge is -2.37. The van der Waals surface area contributed by atoms with Gasteiger partial charge in [-0.25, -0.2) is 13.9 Å². The van der Waals surface area contributed by atoms with Gasteiger partial charge in [-0.3, -0.25) is 9.69 Å². The third-order valence-corrected chi connectivity index (χ3v) is 6.27. The standard InChI is InChI=1S/C21H23FN4O3S/c22-16-4-2-1-3-15(16)19(20(27)13-5-6-13)25-9-8-18(30)14(12-25)7-10-26-17(21(28)29)11-23-24-26/h1-4,7,11,13,18-19,30H,5-6,8-10,12H2,(H,28,29)/b14-7-. The molecule has 2 unspecified atom stereocenters. The second kappa shape index (κ2) is 8.69. The highest BCUT2D eigenvalue weighted by atomic mass is 32.1. The average molecular weight is 431 g/mol. The highest BCUT2D eigenvalue weighted by molar-refractivity contribution is 7.81. The summed E-state index contributed by atoms with van der Waals surface area (Å²) in [5.41, 5.74) is 1.38. The molecule has 4 rings (SSSR count). The molecule has 1 saturated carbocycles. The fraction of sp³-hybridized carbons (Fsp3) is 0.429. The van der Waals surface area contributed by atoms with Gasteiger partial charge in [0.25, 0.3) is 0 Å². The third-order valence-electron chi connectivity index (χ3n) is 5.68. The normalized spacial score (nSPS) is 22.2. The van der Waals surface area contributed by atoms with Crippen LogP contribution in [0.25, 0.3) is 0 Å². The summed E-state index contributed by atoms with van der Waals surface area (Å²) in [6.45, 7) is 1.33. The number of carboxylic acid groups (broad SMARTS) is 1. The summed E-state index contributed by atoms with van der Waals surface area (Å²) in [6.07, 6.45) is 5.51. The molecule has 0 radical (unpaired) electrons. The highest BCUT2D eigenvalue weighted by Crippen LogP contribution is 2.39. The first kappa shape index (κ1) is 20.7. The number of carbonyl (C=O) groups excluding carboxylic acids is 1. The molecular weight excluding hydrogens is 407 g/mol. The first-order chi connectivity index (χ1) is 14.5. The van der Waals surface area contributed by atoms with E-state index in [0.717, 1.165) is 18.4 Å². The van der Waals surface area contributed by atoms with Gasteiger partial charge >= 0.3 is 5.97 Å². The van der Waals surface area contributed by atoms with Crippen LogP contribution in [0, 0.1) is 11.7 Å². The zero-order chi connectivity index (χ0) is 21.3. The average Bonchev–Trinajstić information content (AvgIpc) is 3.47. The number of likely N-dealkylation sites (tertiary alicyclic amines) is 1. The molecule has 0 bridgehead atoms. The molecule has 1 aromatic heterocycles. The molecule has 7 nitrogen and oxygen atoms in total. The van der Waals surface area contributed by atoms with E-state index in [-0.39, 0.29) is 35.0 Å². The van der Waals surface area contributed by atoms with Crippen LogP contribution in [0.2, 0.25) is 0 Å².